The fourth-order valence-electron chi connectivity index (χ4n) is 4.27. The summed E-state index contributed by atoms with van der Waals surface area (Å²) >= 11 is 0. The minimum absolute atomic E-state index is 0.154. The second-order valence-corrected chi connectivity index (χ2v) is 9.88. The summed E-state index contributed by atoms with van der Waals surface area (Å²) in [6, 6.07) is 11.3. The van der Waals surface area contributed by atoms with Gasteiger partial charge in [-0.05, 0) is 29.8 Å². The molecular weight excluding hydrogens is 446 g/mol. The molecule has 2 aliphatic rings. The first-order chi connectivity index (χ1) is 15.8. The smallest absolute Gasteiger partial charge is 0.243 e. The number of amides is 2. The number of sulfonamides is 1. The first-order valence-electron chi connectivity index (χ1n) is 10.7. The predicted molar refractivity (Wildman–Crippen MR) is 122 cm³/mol. The summed E-state index contributed by atoms with van der Waals surface area (Å²) in [6.45, 7) is 2.96. The Bertz CT molecular complexity index is 1160. The molecular formula is C23H27N3O6S. The summed E-state index contributed by atoms with van der Waals surface area (Å²) in [5.74, 6) is 0.0637. The lowest BCUT2D eigenvalue weighted by molar-refractivity contribution is -0.125. The Morgan fingerprint density at radius 1 is 1.15 bits per heavy atom. The minimum atomic E-state index is -3.68. The summed E-state index contributed by atoms with van der Waals surface area (Å²) in [5, 5.41) is 2.88. The van der Waals surface area contributed by atoms with Crippen LogP contribution in [0.4, 0.5) is 5.69 Å². The topological polar surface area (TPSA) is 105 Å². The molecule has 0 bridgehead atoms. The van der Waals surface area contributed by atoms with E-state index in [-0.39, 0.29) is 29.7 Å². The quantitative estimate of drug-likeness (QED) is 0.678. The van der Waals surface area contributed by atoms with Crippen LogP contribution in [0.25, 0.3) is 0 Å². The standard InChI is InChI=1S/C23H27N3O6S/c1-16(27)26-20-8-7-19(33(29,30)25-9-11-32-12-10-25)13-18(20)14-21(26)23(28)24-15-17-5-3-4-6-22(17)31-2/h3-8,13,21H,9-12,14-15H2,1-2H3,(H,24,28)/t21-/m1/s1. The number of benzene rings is 2. The summed E-state index contributed by atoms with van der Waals surface area (Å²) in [7, 11) is -2.11. The predicted octanol–water partition coefficient (Wildman–Crippen LogP) is 1.31. The van der Waals surface area contributed by atoms with Gasteiger partial charge in [0.05, 0.1) is 25.2 Å². The second kappa shape index (κ2) is 9.50. The van der Waals surface area contributed by atoms with Crippen LogP contribution in [0.1, 0.15) is 18.1 Å². The summed E-state index contributed by atoms with van der Waals surface area (Å²) in [5.41, 5.74) is 2.02. The molecule has 1 N–H and O–H groups in total. The Kier molecular flexibility index (Phi) is 6.68. The third-order valence-corrected chi connectivity index (χ3v) is 7.83. The number of ether oxygens (including phenoxy) is 2. The van der Waals surface area contributed by atoms with E-state index in [9.17, 15) is 18.0 Å². The number of hydrogen-bond acceptors (Lipinski definition) is 6. The van der Waals surface area contributed by atoms with Crippen LogP contribution in [-0.2, 0) is 37.3 Å². The van der Waals surface area contributed by atoms with Crippen LogP contribution < -0.4 is 15.0 Å². The zero-order valence-corrected chi connectivity index (χ0v) is 19.4. The number of methoxy groups -OCH3 is 1. The van der Waals surface area contributed by atoms with Crippen molar-refractivity contribution >= 4 is 27.5 Å². The maximum atomic E-state index is 13.0. The van der Waals surface area contributed by atoms with Crippen LogP contribution in [0.2, 0.25) is 0 Å². The number of nitrogens with one attached hydrogen (secondary N) is 1. The molecule has 0 aromatic heterocycles. The molecule has 1 atom stereocenters. The number of para-hydroxylation sites is 1. The Balaban J connectivity index is 1.55. The van der Waals surface area contributed by atoms with E-state index in [1.807, 2.05) is 24.3 Å². The molecule has 0 aliphatic carbocycles. The molecule has 2 aliphatic heterocycles. The van der Waals surface area contributed by atoms with Gasteiger partial charge < -0.3 is 14.8 Å². The van der Waals surface area contributed by atoms with Crippen LogP contribution >= 0.6 is 0 Å². The van der Waals surface area contributed by atoms with Crippen LogP contribution in [0.5, 0.6) is 5.75 Å². The monoisotopic (exact) mass is 473 g/mol. The fourth-order valence-corrected chi connectivity index (χ4v) is 5.73. The molecule has 2 amide bonds. The lowest BCUT2D eigenvalue weighted by Gasteiger charge is -2.26. The normalized spacial score (nSPS) is 18.6. The van der Waals surface area contributed by atoms with Gasteiger partial charge in [-0.1, -0.05) is 18.2 Å². The summed E-state index contributed by atoms with van der Waals surface area (Å²) in [4.78, 5) is 27.0. The average molecular weight is 474 g/mol. The second-order valence-electron chi connectivity index (χ2n) is 7.95. The van der Waals surface area contributed by atoms with Crippen molar-refractivity contribution < 1.29 is 27.5 Å². The van der Waals surface area contributed by atoms with E-state index in [0.717, 1.165) is 5.56 Å². The van der Waals surface area contributed by atoms with E-state index in [2.05, 4.69) is 5.32 Å². The molecule has 0 spiro atoms. The third-order valence-electron chi connectivity index (χ3n) is 5.93. The van der Waals surface area contributed by atoms with Crippen molar-refractivity contribution in [2.45, 2.75) is 30.8 Å². The van der Waals surface area contributed by atoms with Gasteiger partial charge in [0, 0.05) is 44.2 Å². The van der Waals surface area contributed by atoms with Gasteiger partial charge >= 0.3 is 0 Å². The molecule has 0 saturated carbocycles. The molecule has 2 aromatic carbocycles. The zero-order chi connectivity index (χ0) is 23.6. The molecule has 4 rings (SSSR count). The maximum Gasteiger partial charge on any atom is 0.243 e. The van der Waals surface area contributed by atoms with E-state index >= 15 is 0 Å². The van der Waals surface area contributed by atoms with Gasteiger partial charge in [-0.15, -0.1) is 0 Å². The van der Waals surface area contributed by atoms with Gasteiger partial charge in [0.1, 0.15) is 11.8 Å². The van der Waals surface area contributed by atoms with Gasteiger partial charge in [0.15, 0.2) is 0 Å². The molecule has 2 aromatic rings. The SMILES string of the molecule is COc1ccccc1CNC(=O)[C@H]1Cc2cc(S(=O)(=O)N3CCOCC3)ccc2N1C(C)=O. The van der Waals surface area contributed by atoms with Crippen LogP contribution in [0.3, 0.4) is 0 Å². The van der Waals surface area contributed by atoms with Gasteiger partial charge in [0.2, 0.25) is 21.8 Å². The number of nitrogens with zero attached hydrogens (tertiary/aromatic N) is 2. The highest BCUT2D eigenvalue weighted by atomic mass is 32.2. The molecule has 9 nitrogen and oxygen atoms in total. The fraction of sp³-hybridized carbons (Fsp3) is 0.391. The Morgan fingerprint density at radius 3 is 2.58 bits per heavy atom. The van der Waals surface area contributed by atoms with Crippen LogP contribution in [0, 0.1) is 0 Å². The lowest BCUT2D eigenvalue weighted by Crippen LogP contribution is -2.47. The number of carbonyl (C=O) groups excluding carboxylic acids is 2. The van der Waals surface area contributed by atoms with E-state index < -0.39 is 16.1 Å². The highest BCUT2D eigenvalue weighted by molar-refractivity contribution is 7.89. The van der Waals surface area contributed by atoms with E-state index in [1.165, 1.54) is 22.2 Å². The zero-order valence-electron chi connectivity index (χ0n) is 18.6. The first kappa shape index (κ1) is 23.2. The van der Waals surface area contributed by atoms with Gasteiger partial charge in [0.25, 0.3) is 0 Å². The Morgan fingerprint density at radius 2 is 1.88 bits per heavy atom. The lowest BCUT2D eigenvalue weighted by atomic mass is 10.1. The molecule has 10 heteroatoms. The summed E-state index contributed by atoms with van der Waals surface area (Å²) < 4.78 is 38.0. The first-order valence-corrected chi connectivity index (χ1v) is 12.2. The van der Waals surface area contributed by atoms with Crippen molar-refractivity contribution in [3.05, 3.63) is 53.6 Å². The van der Waals surface area contributed by atoms with Crippen LogP contribution in [0.15, 0.2) is 47.4 Å². The summed E-state index contributed by atoms with van der Waals surface area (Å²) in [6.07, 6.45) is 0.235. The van der Waals surface area contributed by atoms with Crippen molar-refractivity contribution in [1.29, 1.82) is 0 Å². The van der Waals surface area contributed by atoms with E-state index in [1.54, 1.807) is 19.2 Å². The Labute approximate surface area is 193 Å². The molecule has 0 unspecified atom stereocenters. The third kappa shape index (κ3) is 4.59. The number of hydrogen-bond donors (Lipinski definition) is 1. The van der Waals surface area contributed by atoms with Gasteiger partial charge in [-0.3, -0.25) is 14.5 Å². The average Bonchev–Trinajstić information content (AvgIpc) is 3.22. The molecule has 176 valence electrons. The van der Waals surface area contributed by atoms with Crippen molar-refractivity contribution in [1.82, 2.24) is 9.62 Å². The largest absolute Gasteiger partial charge is 0.496 e. The number of fused-ring (bicyclic) bond motifs is 1. The van der Waals surface area contributed by atoms with Crippen molar-refractivity contribution in [2.24, 2.45) is 0 Å². The molecule has 2 heterocycles. The number of rotatable bonds is 6. The molecule has 1 saturated heterocycles. The van der Waals surface area contributed by atoms with Gasteiger partial charge in [-0.2, -0.15) is 4.31 Å². The molecule has 33 heavy (non-hydrogen) atoms. The van der Waals surface area contributed by atoms with Gasteiger partial charge in [-0.25, -0.2) is 8.42 Å². The minimum Gasteiger partial charge on any atom is -0.496 e. The highest BCUT2D eigenvalue weighted by Gasteiger charge is 2.38. The van der Waals surface area contributed by atoms with Crippen molar-refractivity contribution in [3.8, 4) is 5.75 Å². The number of morpholine rings is 1. The van der Waals surface area contributed by atoms with E-state index in [4.69, 9.17) is 9.47 Å². The van der Waals surface area contributed by atoms with Crippen LogP contribution in [-0.4, -0.2) is 64.0 Å². The van der Waals surface area contributed by atoms with Crippen molar-refractivity contribution in [3.63, 3.8) is 0 Å². The van der Waals surface area contributed by atoms with Crippen molar-refractivity contribution in [2.75, 3.05) is 38.3 Å². The highest BCUT2D eigenvalue weighted by Crippen LogP contribution is 2.35. The van der Waals surface area contributed by atoms with E-state index in [0.29, 0.717) is 43.3 Å². The number of anilines is 1. The number of carbonyl (C=O) groups is 2. The molecule has 0 radical (unpaired) electrons. The maximum absolute atomic E-state index is 13.0. The molecule has 1 fully saturated rings. The Hall–Kier alpha value is -2.95.